The second-order valence-corrected chi connectivity index (χ2v) is 4.72. The first-order valence-corrected chi connectivity index (χ1v) is 5.99. The molecule has 3 N–H and O–H groups in total. The number of hydrogen-bond donors (Lipinski definition) is 2. The predicted molar refractivity (Wildman–Crippen MR) is 75.4 cm³/mol. The summed E-state index contributed by atoms with van der Waals surface area (Å²) < 4.78 is 1.82. The van der Waals surface area contributed by atoms with E-state index in [2.05, 4.69) is 15.0 Å². The third-order valence-electron chi connectivity index (χ3n) is 3.30. The van der Waals surface area contributed by atoms with Crippen LogP contribution >= 0.6 is 24.0 Å². The van der Waals surface area contributed by atoms with E-state index in [-0.39, 0.29) is 30.1 Å². The first-order chi connectivity index (χ1) is 8.66. The molecule has 0 aliphatic heterocycles. The molecule has 6 nitrogen and oxygen atoms in total. The van der Waals surface area contributed by atoms with Crippen molar-refractivity contribution in [2.75, 3.05) is 12.3 Å². The van der Waals surface area contributed by atoms with Gasteiger partial charge in [0.1, 0.15) is 5.52 Å². The highest BCUT2D eigenvalue weighted by Gasteiger charge is 2.33. The van der Waals surface area contributed by atoms with Crippen molar-refractivity contribution < 1.29 is 5.11 Å². The average molecular weight is 302 g/mol. The van der Waals surface area contributed by atoms with Gasteiger partial charge in [-0.15, -0.1) is 12.4 Å². The van der Waals surface area contributed by atoms with Crippen LogP contribution in [0.15, 0.2) is 18.5 Å². The summed E-state index contributed by atoms with van der Waals surface area (Å²) in [5.74, 6) is 0.101. The van der Waals surface area contributed by atoms with Crippen molar-refractivity contribution in [2.45, 2.75) is 18.4 Å². The molecule has 2 heterocycles. The van der Waals surface area contributed by atoms with Crippen LogP contribution in [0.3, 0.4) is 0 Å². The standard InChI is InChI=1S/C11H12ClN5O.ClH/c12-8-7-9(16-10(13)15-8)17(6-14-7)11(5-18)3-1-2-4-11;/h1,3,6,18H,2,4-5H2,(H2,13,15,16);1H. The number of halogens is 2. The molecule has 1 aliphatic rings. The van der Waals surface area contributed by atoms with Crippen molar-refractivity contribution >= 4 is 41.1 Å². The number of aromatic nitrogens is 4. The molecular formula is C11H13Cl2N5O. The van der Waals surface area contributed by atoms with Crippen LogP contribution in [0.5, 0.6) is 0 Å². The zero-order valence-corrected chi connectivity index (χ0v) is 11.5. The minimum atomic E-state index is -0.501. The molecule has 0 saturated heterocycles. The minimum absolute atomic E-state index is 0. The fourth-order valence-electron chi connectivity index (χ4n) is 2.34. The summed E-state index contributed by atoms with van der Waals surface area (Å²) in [6.45, 7) is -0.0174. The van der Waals surface area contributed by atoms with Gasteiger partial charge in [-0.2, -0.15) is 9.97 Å². The van der Waals surface area contributed by atoms with Gasteiger partial charge in [0.25, 0.3) is 0 Å². The summed E-state index contributed by atoms with van der Waals surface area (Å²) in [6.07, 6.45) is 7.34. The molecule has 102 valence electrons. The Hall–Kier alpha value is -1.37. The van der Waals surface area contributed by atoms with Gasteiger partial charge in [-0.05, 0) is 12.8 Å². The van der Waals surface area contributed by atoms with Crippen LogP contribution in [0.2, 0.25) is 5.15 Å². The molecule has 0 spiro atoms. The highest BCUT2D eigenvalue weighted by Crippen LogP contribution is 2.33. The molecular weight excluding hydrogens is 289 g/mol. The number of imidazole rings is 1. The van der Waals surface area contributed by atoms with Crippen LogP contribution in [-0.4, -0.2) is 31.2 Å². The third kappa shape index (κ3) is 2.05. The predicted octanol–water partition coefficient (Wildman–Crippen LogP) is 1.52. The summed E-state index contributed by atoms with van der Waals surface area (Å²) in [4.78, 5) is 12.2. The molecule has 2 aromatic rings. The molecule has 3 rings (SSSR count). The average Bonchev–Trinajstić information content (AvgIpc) is 2.95. The van der Waals surface area contributed by atoms with Crippen LogP contribution in [0.25, 0.3) is 11.2 Å². The Bertz CT molecular complexity index is 641. The lowest BCUT2D eigenvalue weighted by atomic mass is 10.0. The Morgan fingerprint density at radius 3 is 2.89 bits per heavy atom. The lowest BCUT2D eigenvalue weighted by molar-refractivity contribution is 0.174. The maximum Gasteiger partial charge on any atom is 0.223 e. The SMILES string of the molecule is Cl.Nc1nc(Cl)c2ncn(C3(CO)C=CCC3)c2n1. The zero-order valence-electron chi connectivity index (χ0n) is 9.95. The van der Waals surface area contributed by atoms with Crippen molar-refractivity contribution in [3.8, 4) is 0 Å². The number of nitrogens with two attached hydrogens (primary N) is 1. The Morgan fingerprint density at radius 1 is 1.47 bits per heavy atom. The van der Waals surface area contributed by atoms with Gasteiger partial charge < -0.3 is 15.4 Å². The summed E-state index contributed by atoms with van der Waals surface area (Å²) in [7, 11) is 0. The van der Waals surface area contributed by atoms with E-state index in [1.807, 2.05) is 16.7 Å². The molecule has 8 heteroatoms. The highest BCUT2D eigenvalue weighted by molar-refractivity contribution is 6.33. The van der Waals surface area contributed by atoms with Gasteiger partial charge in [0.2, 0.25) is 5.95 Å². The zero-order chi connectivity index (χ0) is 12.8. The molecule has 0 amide bonds. The van der Waals surface area contributed by atoms with E-state index in [1.165, 1.54) is 0 Å². The molecule has 0 aromatic carbocycles. The van der Waals surface area contributed by atoms with Crippen LogP contribution < -0.4 is 5.73 Å². The first kappa shape index (κ1) is 14.0. The van der Waals surface area contributed by atoms with Gasteiger partial charge in [-0.25, -0.2) is 4.98 Å². The fraction of sp³-hybridized carbons (Fsp3) is 0.364. The lowest BCUT2D eigenvalue weighted by Gasteiger charge is -2.26. The van der Waals surface area contributed by atoms with Crippen LogP contribution in [0.1, 0.15) is 12.8 Å². The number of nitrogens with zero attached hydrogens (tertiary/aromatic N) is 4. The molecule has 19 heavy (non-hydrogen) atoms. The van der Waals surface area contributed by atoms with E-state index < -0.39 is 5.54 Å². The van der Waals surface area contributed by atoms with Crippen molar-refractivity contribution in [1.82, 2.24) is 19.5 Å². The maximum atomic E-state index is 9.68. The molecule has 0 bridgehead atoms. The number of anilines is 1. The van der Waals surface area contributed by atoms with Gasteiger partial charge in [0.15, 0.2) is 10.8 Å². The Balaban J connectivity index is 0.00000133. The molecule has 0 fully saturated rings. The number of rotatable bonds is 2. The quantitative estimate of drug-likeness (QED) is 0.648. The largest absolute Gasteiger partial charge is 0.394 e. The first-order valence-electron chi connectivity index (χ1n) is 5.61. The number of nitrogen functional groups attached to an aromatic ring is 1. The monoisotopic (exact) mass is 301 g/mol. The smallest absolute Gasteiger partial charge is 0.223 e. The van der Waals surface area contributed by atoms with Crippen molar-refractivity contribution in [1.29, 1.82) is 0 Å². The van der Waals surface area contributed by atoms with Crippen LogP contribution in [-0.2, 0) is 5.54 Å². The van der Waals surface area contributed by atoms with Gasteiger partial charge >= 0.3 is 0 Å². The maximum absolute atomic E-state index is 9.68. The number of allylic oxidation sites excluding steroid dienone is 1. The molecule has 0 radical (unpaired) electrons. The number of aliphatic hydroxyl groups excluding tert-OH is 1. The molecule has 1 aliphatic carbocycles. The van der Waals surface area contributed by atoms with Crippen LogP contribution in [0, 0.1) is 0 Å². The molecule has 0 saturated carbocycles. The third-order valence-corrected chi connectivity index (χ3v) is 3.56. The van der Waals surface area contributed by atoms with E-state index in [9.17, 15) is 5.11 Å². The second-order valence-electron chi connectivity index (χ2n) is 4.36. The van der Waals surface area contributed by atoms with Crippen molar-refractivity contribution in [3.05, 3.63) is 23.6 Å². The molecule has 1 unspecified atom stereocenters. The van der Waals surface area contributed by atoms with Crippen molar-refractivity contribution in [3.63, 3.8) is 0 Å². The minimum Gasteiger partial charge on any atom is -0.394 e. The normalized spacial score (nSPS) is 21.8. The topological polar surface area (TPSA) is 89.8 Å². The highest BCUT2D eigenvalue weighted by atomic mass is 35.5. The number of hydrogen-bond acceptors (Lipinski definition) is 5. The molecule has 2 aromatic heterocycles. The summed E-state index contributed by atoms with van der Waals surface area (Å²) >= 11 is 5.98. The van der Waals surface area contributed by atoms with E-state index in [0.717, 1.165) is 12.8 Å². The van der Waals surface area contributed by atoms with Gasteiger partial charge in [-0.3, -0.25) is 0 Å². The van der Waals surface area contributed by atoms with E-state index >= 15 is 0 Å². The number of aliphatic hydroxyl groups is 1. The van der Waals surface area contributed by atoms with Crippen molar-refractivity contribution in [2.24, 2.45) is 0 Å². The lowest BCUT2D eigenvalue weighted by Crippen LogP contribution is -2.33. The van der Waals surface area contributed by atoms with Gasteiger partial charge in [0.05, 0.1) is 18.5 Å². The van der Waals surface area contributed by atoms with Crippen LogP contribution in [0.4, 0.5) is 5.95 Å². The number of fused-ring (bicyclic) bond motifs is 1. The Morgan fingerprint density at radius 2 is 2.26 bits per heavy atom. The Kier molecular flexibility index (Phi) is 3.66. The fourth-order valence-corrected chi connectivity index (χ4v) is 2.56. The van der Waals surface area contributed by atoms with E-state index in [4.69, 9.17) is 17.3 Å². The van der Waals surface area contributed by atoms with Gasteiger partial charge in [0, 0.05) is 0 Å². The van der Waals surface area contributed by atoms with Gasteiger partial charge in [-0.1, -0.05) is 23.8 Å². The molecule has 1 atom stereocenters. The van der Waals surface area contributed by atoms with E-state index in [1.54, 1.807) is 6.33 Å². The second kappa shape index (κ2) is 4.96. The summed E-state index contributed by atoms with van der Waals surface area (Å²) in [5.41, 5.74) is 6.15. The summed E-state index contributed by atoms with van der Waals surface area (Å²) in [5, 5.41) is 9.91. The summed E-state index contributed by atoms with van der Waals surface area (Å²) in [6, 6.07) is 0. The Labute approximate surface area is 120 Å². The van der Waals surface area contributed by atoms with E-state index in [0.29, 0.717) is 11.2 Å².